The first-order chi connectivity index (χ1) is 9.74. The predicted octanol–water partition coefficient (Wildman–Crippen LogP) is 3.68. The molecule has 3 N–H and O–H groups in total. The maximum atomic E-state index is 13.6. The van der Waals surface area contributed by atoms with Crippen molar-refractivity contribution < 1.29 is 4.39 Å². The van der Waals surface area contributed by atoms with Crippen LogP contribution in [0, 0.1) is 5.82 Å². The Kier molecular flexibility index (Phi) is 5.59. The van der Waals surface area contributed by atoms with Crippen LogP contribution in [0.4, 0.5) is 4.39 Å². The highest BCUT2D eigenvalue weighted by molar-refractivity contribution is 7.99. The summed E-state index contributed by atoms with van der Waals surface area (Å²) in [6.45, 7) is 2.13. The minimum absolute atomic E-state index is 0.00510. The van der Waals surface area contributed by atoms with Crippen LogP contribution in [0.2, 0.25) is 0 Å². The molecular weight excluding hydrogens is 271 g/mol. The molecule has 2 nitrogen and oxygen atoms in total. The van der Waals surface area contributed by atoms with Gasteiger partial charge in [-0.2, -0.15) is 0 Å². The van der Waals surface area contributed by atoms with Crippen molar-refractivity contribution in [3.05, 3.63) is 65.5 Å². The van der Waals surface area contributed by atoms with Gasteiger partial charge < -0.3 is 0 Å². The van der Waals surface area contributed by atoms with E-state index >= 15 is 0 Å². The van der Waals surface area contributed by atoms with E-state index in [9.17, 15) is 4.39 Å². The van der Waals surface area contributed by atoms with Crippen molar-refractivity contribution in [1.29, 1.82) is 0 Å². The summed E-state index contributed by atoms with van der Waals surface area (Å²) in [6.07, 6.45) is 1.02. The lowest BCUT2D eigenvalue weighted by Gasteiger charge is -2.16. The van der Waals surface area contributed by atoms with E-state index in [0.29, 0.717) is 10.6 Å². The van der Waals surface area contributed by atoms with Crippen molar-refractivity contribution in [3.8, 4) is 0 Å². The lowest BCUT2D eigenvalue weighted by molar-refractivity contribution is 0.596. The second-order valence-corrected chi connectivity index (χ2v) is 5.62. The highest BCUT2D eigenvalue weighted by atomic mass is 32.2. The second-order valence-electron chi connectivity index (χ2n) is 4.56. The van der Waals surface area contributed by atoms with E-state index in [2.05, 4.69) is 36.6 Å². The second kappa shape index (κ2) is 7.43. The van der Waals surface area contributed by atoms with Gasteiger partial charge in [0, 0.05) is 10.6 Å². The van der Waals surface area contributed by atoms with Crippen LogP contribution in [0.5, 0.6) is 0 Å². The predicted molar refractivity (Wildman–Crippen MR) is 83.0 cm³/mol. The van der Waals surface area contributed by atoms with Crippen LogP contribution in [0.15, 0.2) is 53.4 Å². The molecule has 0 radical (unpaired) electrons. The van der Waals surface area contributed by atoms with Gasteiger partial charge >= 0.3 is 0 Å². The molecule has 0 aliphatic rings. The lowest BCUT2D eigenvalue weighted by atomic mass is 10.1. The zero-order chi connectivity index (χ0) is 14.4. The van der Waals surface area contributed by atoms with Crippen LogP contribution < -0.4 is 11.3 Å². The summed E-state index contributed by atoms with van der Waals surface area (Å²) in [5, 5.41) is 0. The summed E-state index contributed by atoms with van der Waals surface area (Å²) in [6, 6.07) is 15.2. The van der Waals surface area contributed by atoms with E-state index in [1.165, 1.54) is 23.4 Å². The monoisotopic (exact) mass is 290 g/mol. The molecular formula is C16H19FN2S. The summed E-state index contributed by atoms with van der Waals surface area (Å²) < 4.78 is 13.6. The topological polar surface area (TPSA) is 38.0 Å². The minimum Gasteiger partial charge on any atom is -0.271 e. The number of nitrogens with two attached hydrogens (primary N) is 1. The normalized spacial score (nSPS) is 12.3. The van der Waals surface area contributed by atoms with Crippen LogP contribution in [0.3, 0.4) is 0 Å². The van der Waals surface area contributed by atoms with Crippen molar-refractivity contribution in [2.24, 2.45) is 5.84 Å². The van der Waals surface area contributed by atoms with Crippen LogP contribution >= 0.6 is 11.8 Å². The van der Waals surface area contributed by atoms with Gasteiger partial charge in [0.15, 0.2) is 0 Å². The molecule has 0 aromatic heterocycles. The smallest absolute Gasteiger partial charge is 0.136 e. The average molecular weight is 290 g/mol. The van der Waals surface area contributed by atoms with Crippen LogP contribution in [-0.4, -0.2) is 5.75 Å². The third-order valence-corrected chi connectivity index (χ3v) is 4.38. The standard InChI is InChI=1S/C16H19FN2S/c1-2-12-7-9-13(10-8-12)15(19-18)11-20-16-6-4-3-5-14(16)17/h3-10,15,19H,2,11,18H2,1H3. The molecule has 1 atom stereocenters. The summed E-state index contributed by atoms with van der Waals surface area (Å²) in [4.78, 5) is 0.651. The Hall–Kier alpha value is -1.36. The van der Waals surface area contributed by atoms with Gasteiger partial charge in [0.25, 0.3) is 0 Å². The Labute approximate surface area is 123 Å². The first kappa shape index (κ1) is 15.0. The van der Waals surface area contributed by atoms with Crippen molar-refractivity contribution in [3.63, 3.8) is 0 Å². The van der Waals surface area contributed by atoms with Crippen LogP contribution in [-0.2, 0) is 6.42 Å². The van der Waals surface area contributed by atoms with Crippen molar-refractivity contribution in [1.82, 2.24) is 5.43 Å². The van der Waals surface area contributed by atoms with Gasteiger partial charge in [-0.25, -0.2) is 4.39 Å². The number of thioether (sulfide) groups is 1. The molecule has 1 unspecified atom stereocenters. The average Bonchev–Trinajstić information content (AvgIpc) is 2.50. The molecule has 0 heterocycles. The Morgan fingerprint density at radius 2 is 1.85 bits per heavy atom. The summed E-state index contributed by atoms with van der Waals surface area (Å²) in [5.41, 5.74) is 5.22. The fraction of sp³-hybridized carbons (Fsp3) is 0.250. The van der Waals surface area contributed by atoms with Gasteiger partial charge in [-0.15, -0.1) is 11.8 Å². The van der Waals surface area contributed by atoms with Gasteiger partial charge in [-0.3, -0.25) is 11.3 Å². The van der Waals surface area contributed by atoms with Crippen LogP contribution in [0.1, 0.15) is 24.1 Å². The molecule has 20 heavy (non-hydrogen) atoms. The highest BCUT2D eigenvalue weighted by Gasteiger charge is 2.11. The molecule has 0 saturated carbocycles. The lowest BCUT2D eigenvalue weighted by Crippen LogP contribution is -2.29. The van der Waals surface area contributed by atoms with E-state index < -0.39 is 0 Å². The maximum Gasteiger partial charge on any atom is 0.136 e. The van der Waals surface area contributed by atoms with E-state index in [0.717, 1.165) is 12.0 Å². The molecule has 0 bridgehead atoms. The van der Waals surface area contributed by atoms with E-state index in [-0.39, 0.29) is 11.9 Å². The molecule has 0 spiro atoms. The zero-order valence-electron chi connectivity index (χ0n) is 11.5. The molecule has 2 aromatic carbocycles. The first-order valence-corrected chi connectivity index (χ1v) is 7.65. The number of halogens is 1. The largest absolute Gasteiger partial charge is 0.271 e. The number of nitrogens with one attached hydrogen (secondary N) is 1. The SMILES string of the molecule is CCc1ccc(C(CSc2ccccc2F)NN)cc1. The summed E-state index contributed by atoms with van der Waals surface area (Å²) >= 11 is 1.47. The Morgan fingerprint density at radius 1 is 1.15 bits per heavy atom. The summed E-state index contributed by atoms with van der Waals surface area (Å²) in [7, 11) is 0. The molecule has 2 rings (SSSR count). The van der Waals surface area contributed by atoms with Crippen molar-refractivity contribution in [2.45, 2.75) is 24.3 Å². The number of aryl methyl sites for hydroxylation is 1. The molecule has 2 aromatic rings. The van der Waals surface area contributed by atoms with E-state index in [1.807, 2.05) is 6.07 Å². The molecule has 0 aliphatic heterocycles. The molecule has 0 amide bonds. The number of benzene rings is 2. The van der Waals surface area contributed by atoms with Crippen molar-refractivity contribution >= 4 is 11.8 Å². The molecule has 106 valence electrons. The molecule has 0 fully saturated rings. The van der Waals surface area contributed by atoms with Gasteiger partial charge in [0.2, 0.25) is 0 Å². The van der Waals surface area contributed by atoms with Crippen molar-refractivity contribution in [2.75, 3.05) is 5.75 Å². The fourth-order valence-corrected chi connectivity index (χ4v) is 2.98. The maximum absolute atomic E-state index is 13.6. The zero-order valence-corrected chi connectivity index (χ0v) is 12.3. The quantitative estimate of drug-likeness (QED) is 0.484. The molecule has 0 aliphatic carbocycles. The minimum atomic E-state index is -0.186. The Balaban J connectivity index is 2.03. The third-order valence-electron chi connectivity index (χ3n) is 3.23. The van der Waals surface area contributed by atoms with Gasteiger partial charge in [-0.05, 0) is 29.7 Å². The van der Waals surface area contributed by atoms with E-state index in [1.54, 1.807) is 12.1 Å². The Morgan fingerprint density at radius 3 is 2.45 bits per heavy atom. The fourth-order valence-electron chi connectivity index (χ4n) is 1.96. The van der Waals surface area contributed by atoms with Crippen LogP contribution in [0.25, 0.3) is 0 Å². The van der Waals surface area contributed by atoms with Gasteiger partial charge in [0.05, 0.1) is 6.04 Å². The van der Waals surface area contributed by atoms with Gasteiger partial charge in [0.1, 0.15) is 5.82 Å². The third kappa shape index (κ3) is 3.82. The number of hydrogen-bond donors (Lipinski definition) is 2. The Bertz CT molecular complexity index is 542. The van der Waals surface area contributed by atoms with Gasteiger partial charge in [-0.1, -0.05) is 43.3 Å². The molecule has 4 heteroatoms. The highest BCUT2D eigenvalue weighted by Crippen LogP contribution is 2.26. The van der Waals surface area contributed by atoms with E-state index in [4.69, 9.17) is 5.84 Å². The first-order valence-electron chi connectivity index (χ1n) is 6.67. The number of rotatable bonds is 6. The summed E-state index contributed by atoms with van der Waals surface area (Å²) in [5.74, 6) is 6.12. The number of hydrazine groups is 1. The number of hydrogen-bond acceptors (Lipinski definition) is 3. The molecule has 0 saturated heterocycles.